The highest BCUT2D eigenvalue weighted by Crippen LogP contribution is 2.31. The number of esters is 1. The molecule has 2 aliphatic rings. The van der Waals surface area contributed by atoms with Gasteiger partial charge in [-0.3, -0.25) is 0 Å². The molecule has 0 aliphatic carbocycles. The Labute approximate surface area is 157 Å². The van der Waals surface area contributed by atoms with Crippen LogP contribution in [0.15, 0.2) is 58.7 Å². The first kappa shape index (κ1) is 17.1. The Hall–Kier alpha value is -3.34. The highest BCUT2D eigenvalue weighted by Gasteiger charge is 2.25. The Morgan fingerprint density at radius 3 is 2.74 bits per heavy atom. The molecule has 0 bridgehead atoms. The van der Waals surface area contributed by atoms with E-state index in [0.717, 1.165) is 33.8 Å². The molecule has 0 radical (unpaired) electrons. The zero-order chi connectivity index (χ0) is 19.0. The summed E-state index contributed by atoms with van der Waals surface area (Å²) >= 11 is 0. The van der Waals surface area contributed by atoms with Gasteiger partial charge >= 0.3 is 5.97 Å². The van der Waals surface area contributed by atoms with Crippen molar-refractivity contribution in [3.8, 4) is 11.5 Å². The van der Waals surface area contributed by atoms with Crippen molar-refractivity contribution >= 4 is 17.9 Å². The van der Waals surface area contributed by atoms with Gasteiger partial charge < -0.3 is 14.2 Å². The number of fused-ring (bicyclic) bond motifs is 1. The van der Waals surface area contributed by atoms with Gasteiger partial charge in [0.2, 0.25) is 5.90 Å². The van der Waals surface area contributed by atoms with Crippen LogP contribution in [0.2, 0.25) is 0 Å². The zero-order valence-electron chi connectivity index (χ0n) is 15.4. The lowest BCUT2D eigenvalue weighted by atomic mass is 10.1. The number of cyclic esters (lactones) is 1. The second-order valence-corrected chi connectivity index (χ2v) is 6.55. The minimum atomic E-state index is -0.454. The molecule has 136 valence electrons. The number of hydrogen-bond donors (Lipinski definition) is 0. The fraction of sp³-hybridized carbons (Fsp3) is 0.182. The predicted octanol–water partition coefficient (Wildman–Crippen LogP) is 3.98. The highest BCUT2D eigenvalue weighted by atomic mass is 16.6. The summed E-state index contributed by atoms with van der Waals surface area (Å²) in [4.78, 5) is 16.6. The minimum Gasteiger partial charge on any atom is -0.497 e. The number of aliphatic imine (C=N–C) groups is 1. The minimum absolute atomic E-state index is 0.273. The molecule has 0 saturated carbocycles. The Balaban J connectivity index is 1.63. The summed E-state index contributed by atoms with van der Waals surface area (Å²) in [6, 6.07) is 11.5. The SMILES string of the molecule is COc1ccc2c(c1)OCC(/C=C1/N=C(c3ccc(C)c(C)c3)OC1=O)=C2. The van der Waals surface area contributed by atoms with Gasteiger partial charge in [-0.05, 0) is 67.0 Å². The van der Waals surface area contributed by atoms with E-state index in [2.05, 4.69) is 4.99 Å². The summed E-state index contributed by atoms with van der Waals surface area (Å²) in [6.07, 6.45) is 3.69. The maximum absolute atomic E-state index is 12.2. The van der Waals surface area contributed by atoms with Gasteiger partial charge in [-0.15, -0.1) is 0 Å². The maximum Gasteiger partial charge on any atom is 0.363 e. The average molecular weight is 361 g/mol. The third-order valence-electron chi connectivity index (χ3n) is 4.65. The van der Waals surface area contributed by atoms with Crippen molar-refractivity contribution in [1.29, 1.82) is 0 Å². The maximum atomic E-state index is 12.2. The fourth-order valence-electron chi connectivity index (χ4n) is 2.95. The summed E-state index contributed by atoms with van der Waals surface area (Å²) in [5, 5.41) is 0. The molecule has 0 saturated heterocycles. The Bertz CT molecular complexity index is 1030. The van der Waals surface area contributed by atoms with Gasteiger partial charge in [0.25, 0.3) is 0 Å². The van der Waals surface area contributed by atoms with Gasteiger partial charge in [0.05, 0.1) is 7.11 Å². The highest BCUT2D eigenvalue weighted by molar-refractivity contribution is 6.11. The van der Waals surface area contributed by atoms with E-state index in [4.69, 9.17) is 14.2 Å². The predicted molar refractivity (Wildman–Crippen MR) is 103 cm³/mol. The van der Waals surface area contributed by atoms with Crippen LogP contribution in [-0.2, 0) is 9.53 Å². The molecule has 0 spiro atoms. The molecule has 27 heavy (non-hydrogen) atoms. The molecule has 5 nitrogen and oxygen atoms in total. The first-order valence-corrected chi connectivity index (χ1v) is 8.65. The van der Waals surface area contributed by atoms with Gasteiger partial charge in [-0.25, -0.2) is 9.79 Å². The quantitative estimate of drug-likeness (QED) is 0.613. The smallest absolute Gasteiger partial charge is 0.363 e. The summed E-state index contributed by atoms with van der Waals surface area (Å²) in [7, 11) is 1.62. The van der Waals surface area contributed by atoms with Gasteiger partial charge in [-0.2, -0.15) is 0 Å². The third-order valence-corrected chi connectivity index (χ3v) is 4.65. The van der Waals surface area contributed by atoms with Crippen LogP contribution in [0.1, 0.15) is 22.3 Å². The zero-order valence-corrected chi connectivity index (χ0v) is 15.4. The number of rotatable bonds is 3. The monoisotopic (exact) mass is 361 g/mol. The van der Waals surface area contributed by atoms with E-state index >= 15 is 0 Å². The number of benzene rings is 2. The van der Waals surface area contributed by atoms with Crippen molar-refractivity contribution in [2.24, 2.45) is 4.99 Å². The van der Waals surface area contributed by atoms with Crippen LogP contribution < -0.4 is 9.47 Å². The van der Waals surface area contributed by atoms with E-state index in [9.17, 15) is 4.79 Å². The van der Waals surface area contributed by atoms with Crippen LogP contribution in [0.3, 0.4) is 0 Å². The van der Waals surface area contributed by atoms with Crippen LogP contribution in [-0.4, -0.2) is 25.6 Å². The number of nitrogens with zero attached hydrogens (tertiary/aromatic N) is 1. The molecule has 2 heterocycles. The molecule has 2 aromatic carbocycles. The summed E-state index contributed by atoms with van der Waals surface area (Å²) in [6.45, 7) is 4.41. The van der Waals surface area contributed by atoms with Crippen molar-refractivity contribution in [1.82, 2.24) is 0 Å². The van der Waals surface area contributed by atoms with Gasteiger partial charge in [-0.1, -0.05) is 6.07 Å². The Morgan fingerprint density at radius 2 is 1.96 bits per heavy atom. The molecule has 4 rings (SSSR count). The Kier molecular flexibility index (Phi) is 4.28. The lowest BCUT2D eigenvalue weighted by Crippen LogP contribution is -2.08. The first-order chi connectivity index (χ1) is 13.0. The summed E-state index contributed by atoms with van der Waals surface area (Å²) in [5.41, 5.74) is 5.15. The molecule has 0 fully saturated rings. The largest absolute Gasteiger partial charge is 0.497 e. The van der Waals surface area contributed by atoms with Crippen LogP contribution in [0.4, 0.5) is 0 Å². The molecule has 0 amide bonds. The number of ether oxygens (including phenoxy) is 3. The van der Waals surface area contributed by atoms with Crippen LogP contribution in [0, 0.1) is 13.8 Å². The molecule has 0 aromatic heterocycles. The van der Waals surface area contributed by atoms with Gasteiger partial charge in [0.1, 0.15) is 18.1 Å². The standard InChI is InChI=1S/C22H19NO4/c1-13-4-5-17(8-14(13)2)21-23-19(22(24)27-21)10-15-9-16-6-7-18(25-3)11-20(16)26-12-15/h4-11H,12H2,1-3H3/b19-10+. The lowest BCUT2D eigenvalue weighted by Gasteiger charge is -2.16. The topological polar surface area (TPSA) is 57.1 Å². The molecular formula is C22H19NO4. The van der Waals surface area contributed by atoms with Crippen LogP contribution >= 0.6 is 0 Å². The number of carbonyl (C=O) groups is 1. The number of aryl methyl sites for hydroxylation is 2. The molecular weight excluding hydrogens is 342 g/mol. The van der Waals surface area contributed by atoms with Crippen molar-refractivity contribution in [3.05, 3.63) is 76.0 Å². The lowest BCUT2D eigenvalue weighted by molar-refractivity contribution is -0.130. The van der Waals surface area contributed by atoms with Crippen molar-refractivity contribution in [3.63, 3.8) is 0 Å². The van der Waals surface area contributed by atoms with Gasteiger partial charge in [0.15, 0.2) is 5.70 Å². The van der Waals surface area contributed by atoms with E-state index in [1.165, 1.54) is 5.56 Å². The third kappa shape index (κ3) is 3.36. The van der Waals surface area contributed by atoms with E-state index in [-0.39, 0.29) is 5.70 Å². The van der Waals surface area contributed by atoms with Crippen LogP contribution in [0.25, 0.3) is 6.08 Å². The van der Waals surface area contributed by atoms with E-state index in [1.807, 2.05) is 56.3 Å². The average Bonchev–Trinajstić information content (AvgIpc) is 3.04. The van der Waals surface area contributed by atoms with Crippen LogP contribution in [0.5, 0.6) is 11.5 Å². The molecule has 0 unspecified atom stereocenters. The van der Waals surface area contributed by atoms with E-state index in [0.29, 0.717) is 12.5 Å². The molecule has 2 aromatic rings. The fourth-order valence-corrected chi connectivity index (χ4v) is 2.95. The van der Waals surface area contributed by atoms with Gasteiger partial charge in [0, 0.05) is 17.2 Å². The second-order valence-electron chi connectivity index (χ2n) is 6.55. The Morgan fingerprint density at radius 1 is 1.11 bits per heavy atom. The summed E-state index contributed by atoms with van der Waals surface area (Å²) < 4.78 is 16.3. The molecule has 2 aliphatic heterocycles. The number of carbonyl (C=O) groups excluding carboxylic acids is 1. The molecule has 0 atom stereocenters. The van der Waals surface area contributed by atoms with Crippen molar-refractivity contribution < 1.29 is 19.0 Å². The summed E-state index contributed by atoms with van der Waals surface area (Å²) in [5.74, 6) is 1.37. The molecule has 5 heteroatoms. The second kappa shape index (κ2) is 6.76. The van der Waals surface area contributed by atoms with E-state index in [1.54, 1.807) is 13.2 Å². The van der Waals surface area contributed by atoms with Crippen molar-refractivity contribution in [2.75, 3.05) is 13.7 Å². The molecule has 0 N–H and O–H groups in total. The normalized spacial score (nSPS) is 17.0. The number of methoxy groups -OCH3 is 1. The first-order valence-electron chi connectivity index (χ1n) is 8.65. The van der Waals surface area contributed by atoms with Crippen molar-refractivity contribution in [2.45, 2.75) is 13.8 Å². The van der Waals surface area contributed by atoms with E-state index < -0.39 is 5.97 Å². The number of hydrogen-bond acceptors (Lipinski definition) is 5.